The first kappa shape index (κ1) is 13.8. The summed E-state index contributed by atoms with van der Waals surface area (Å²) in [6.07, 6.45) is 1.01. The van der Waals surface area contributed by atoms with Crippen LogP contribution in [0.1, 0.15) is 33.7 Å². The van der Waals surface area contributed by atoms with Gasteiger partial charge in [0.25, 0.3) is 0 Å². The Morgan fingerprint density at radius 2 is 1.53 bits per heavy atom. The largest absolute Gasteiger partial charge is 0.330 e. The molecule has 2 aromatic carbocycles. The number of hydrogen-bond acceptors (Lipinski definition) is 1. The molecule has 0 radical (unpaired) electrons. The molecule has 1 unspecified atom stereocenters. The molecule has 19 heavy (non-hydrogen) atoms. The Morgan fingerprint density at radius 3 is 2.11 bits per heavy atom. The fourth-order valence-electron chi connectivity index (χ4n) is 2.61. The molecule has 0 amide bonds. The van der Waals surface area contributed by atoms with Crippen molar-refractivity contribution in [1.29, 1.82) is 0 Å². The Kier molecular flexibility index (Phi) is 4.39. The minimum atomic E-state index is 0.406. The average Bonchev–Trinajstić information content (AvgIpc) is 2.39. The molecule has 0 heterocycles. The van der Waals surface area contributed by atoms with E-state index < -0.39 is 0 Å². The van der Waals surface area contributed by atoms with Crippen LogP contribution in [-0.2, 0) is 6.42 Å². The first-order chi connectivity index (χ1) is 9.10. The summed E-state index contributed by atoms with van der Waals surface area (Å²) in [5.41, 5.74) is 12.7. The third-order valence-corrected chi connectivity index (χ3v) is 3.75. The van der Waals surface area contributed by atoms with E-state index in [1.807, 2.05) is 0 Å². The monoisotopic (exact) mass is 253 g/mol. The summed E-state index contributed by atoms with van der Waals surface area (Å²) in [7, 11) is 0. The van der Waals surface area contributed by atoms with Crippen LogP contribution in [0.4, 0.5) is 0 Å². The minimum absolute atomic E-state index is 0.406. The van der Waals surface area contributed by atoms with Crippen molar-refractivity contribution in [2.24, 2.45) is 5.73 Å². The van der Waals surface area contributed by atoms with Gasteiger partial charge in [-0.15, -0.1) is 0 Å². The minimum Gasteiger partial charge on any atom is -0.330 e. The molecule has 100 valence electrons. The van der Waals surface area contributed by atoms with Crippen LogP contribution in [0.5, 0.6) is 0 Å². The second-order valence-corrected chi connectivity index (χ2v) is 5.48. The molecule has 1 nitrogen and oxygen atoms in total. The molecule has 0 saturated carbocycles. The van der Waals surface area contributed by atoms with Gasteiger partial charge >= 0.3 is 0 Å². The summed E-state index contributed by atoms with van der Waals surface area (Å²) in [5.74, 6) is 0.406. The zero-order chi connectivity index (χ0) is 13.8. The summed E-state index contributed by atoms with van der Waals surface area (Å²) in [6.45, 7) is 7.13. The summed E-state index contributed by atoms with van der Waals surface area (Å²) in [6, 6.07) is 15.4. The van der Waals surface area contributed by atoms with Gasteiger partial charge in [0, 0.05) is 5.92 Å². The smallest absolute Gasteiger partial charge is 0.000419 e. The highest BCUT2D eigenvalue weighted by atomic mass is 14.5. The molecule has 0 saturated heterocycles. The van der Waals surface area contributed by atoms with E-state index >= 15 is 0 Å². The lowest BCUT2D eigenvalue weighted by Gasteiger charge is -2.18. The Balaban J connectivity index is 2.22. The highest BCUT2D eigenvalue weighted by Gasteiger charge is 2.13. The van der Waals surface area contributed by atoms with Crippen LogP contribution in [0.15, 0.2) is 42.5 Å². The predicted molar refractivity (Wildman–Crippen MR) is 82.6 cm³/mol. The third kappa shape index (κ3) is 3.45. The number of hydrogen-bond donors (Lipinski definition) is 1. The molecule has 2 rings (SSSR count). The van der Waals surface area contributed by atoms with Crippen LogP contribution < -0.4 is 5.73 Å². The molecule has 0 spiro atoms. The van der Waals surface area contributed by atoms with E-state index in [0.29, 0.717) is 12.5 Å². The van der Waals surface area contributed by atoms with Crippen molar-refractivity contribution in [2.75, 3.05) is 6.54 Å². The zero-order valence-electron chi connectivity index (χ0n) is 12.1. The van der Waals surface area contributed by atoms with Crippen molar-refractivity contribution >= 4 is 0 Å². The van der Waals surface area contributed by atoms with Gasteiger partial charge in [-0.2, -0.15) is 0 Å². The van der Waals surface area contributed by atoms with E-state index in [1.165, 1.54) is 27.8 Å². The van der Waals surface area contributed by atoms with Crippen LogP contribution in [0.25, 0.3) is 0 Å². The quantitative estimate of drug-likeness (QED) is 0.878. The lowest BCUT2D eigenvalue weighted by Crippen LogP contribution is -2.16. The highest BCUT2D eigenvalue weighted by Crippen LogP contribution is 2.24. The molecular weight excluding hydrogens is 230 g/mol. The molecule has 0 aliphatic heterocycles. The number of rotatable bonds is 4. The van der Waals surface area contributed by atoms with Gasteiger partial charge in [0.05, 0.1) is 0 Å². The van der Waals surface area contributed by atoms with E-state index in [2.05, 4.69) is 63.2 Å². The van der Waals surface area contributed by atoms with Gasteiger partial charge in [0.1, 0.15) is 0 Å². The number of benzene rings is 2. The maximum Gasteiger partial charge on any atom is 0.000419 e. The SMILES string of the molecule is Cc1ccc(CC(CN)c2ccc(C)cc2C)cc1. The number of aryl methyl sites for hydroxylation is 3. The topological polar surface area (TPSA) is 26.0 Å². The van der Waals surface area contributed by atoms with Crippen LogP contribution in [0.2, 0.25) is 0 Å². The van der Waals surface area contributed by atoms with E-state index in [9.17, 15) is 0 Å². The fraction of sp³-hybridized carbons (Fsp3) is 0.333. The second kappa shape index (κ2) is 6.03. The standard InChI is InChI=1S/C18H23N/c1-13-4-7-16(8-5-13)11-17(12-19)18-9-6-14(2)10-15(18)3/h4-10,17H,11-12,19H2,1-3H3. The van der Waals surface area contributed by atoms with Gasteiger partial charge in [-0.1, -0.05) is 53.6 Å². The van der Waals surface area contributed by atoms with Gasteiger partial charge in [0.15, 0.2) is 0 Å². The molecule has 2 aromatic rings. The maximum absolute atomic E-state index is 5.99. The molecule has 1 atom stereocenters. The van der Waals surface area contributed by atoms with Crippen molar-refractivity contribution in [2.45, 2.75) is 33.1 Å². The van der Waals surface area contributed by atoms with Gasteiger partial charge in [-0.05, 0) is 50.4 Å². The fourth-order valence-corrected chi connectivity index (χ4v) is 2.61. The van der Waals surface area contributed by atoms with Gasteiger partial charge in [-0.3, -0.25) is 0 Å². The Morgan fingerprint density at radius 1 is 0.895 bits per heavy atom. The normalized spacial score (nSPS) is 12.4. The van der Waals surface area contributed by atoms with Crippen molar-refractivity contribution in [3.63, 3.8) is 0 Å². The Bertz CT molecular complexity index is 540. The van der Waals surface area contributed by atoms with E-state index in [4.69, 9.17) is 5.73 Å². The molecule has 2 N–H and O–H groups in total. The lowest BCUT2D eigenvalue weighted by atomic mass is 9.88. The van der Waals surface area contributed by atoms with Crippen molar-refractivity contribution in [1.82, 2.24) is 0 Å². The van der Waals surface area contributed by atoms with Crippen molar-refractivity contribution in [3.8, 4) is 0 Å². The number of nitrogens with two attached hydrogens (primary N) is 1. The Labute approximate surface area is 116 Å². The lowest BCUT2D eigenvalue weighted by molar-refractivity contribution is 0.689. The molecule has 0 aliphatic rings. The highest BCUT2D eigenvalue weighted by molar-refractivity contribution is 5.35. The van der Waals surface area contributed by atoms with Crippen LogP contribution in [0.3, 0.4) is 0 Å². The first-order valence-corrected chi connectivity index (χ1v) is 6.93. The molecule has 0 aliphatic carbocycles. The van der Waals surface area contributed by atoms with Crippen molar-refractivity contribution < 1.29 is 0 Å². The van der Waals surface area contributed by atoms with Gasteiger partial charge in [0.2, 0.25) is 0 Å². The molecule has 0 bridgehead atoms. The van der Waals surface area contributed by atoms with Gasteiger partial charge < -0.3 is 5.73 Å². The predicted octanol–water partition coefficient (Wildman–Crippen LogP) is 3.90. The van der Waals surface area contributed by atoms with Crippen LogP contribution in [-0.4, -0.2) is 6.54 Å². The van der Waals surface area contributed by atoms with Crippen LogP contribution >= 0.6 is 0 Å². The summed E-state index contributed by atoms with van der Waals surface area (Å²) < 4.78 is 0. The van der Waals surface area contributed by atoms with Gasteiger partial charge in [-0.25, -0.2) is 0 Å². The molecular formula is C18H23N. The second-order valence-electron chi connectivity index (χ2n) is 5.48. The Hall–Kier alpha value is -1.60. The van der Waals surface area contributed by atoms with E-state index in [0.717, 1.165) is 6.42 Å². The van der Waals surface area contributed by atoms with E-state index in [-0.39, 0.29) is 0 Å². The van der Waals surface area contributed by atoms with Crippen molar-refractivity contribution in [3.05, 3.63) is 70.3 Å². The summed E-state index contributed by atoms with van der Waals surface area (Å²) in [4.78, 5) is 0. The molecule has 1 heteroatoms. The average molecular weight is 253 g/mol. The first-order valence-electron chi connectivity index (χ1n) is 6.93. The zero-order valence-corrected chi connectivity index (χ0v) is 12.1. The molecule has 0 aromatic heterocycles. The van der Waals surface area contributed by atoms with E-state index in [1.54, 1.807) is 0 Å². The maximum atomic E-state index is 5.99. The summed E-state index contributed by atoms with van der Waals surface area (Å²) >= 11 is 0. The molecule has 0 fully saturated rings. The van der Waals surface area contributed by atoms with Crippen LogP contribution in [0, 0.1) is 20.8 Å². The summed E-state index contributed by atoms with van der Waals surface area (Å²) in [5, 5.41) is 0. The third-order valence-electron chi connectivity index (χ3n) is 3.75.